The fraction of sp³-hybridized carbons (Fsp3) is 0.625. The van der Waals surface area contributed by atoms with Gasteiger partial charge in [-0.2, -0.15) is 0 Å². The molecule has 3 rings (SSSR count). The summed E-state index contributed by atoms with van der Waals surface area (Å²) in [6.45, 7) is 5.24. The van der Waals surface area contributed by atoms with Crippen LogP contribution in [0, 0.1) is 5.92 Å². The molecule has 1 aromatic rings. The third-order valence-electron chi connectivity index (χ3n) is 4.90. The molecular weight excluding hydrogens is 270 g/mol. The van der Waals surface area contributed by atoms with Crippen molar-refractivity contribution < 1.29 is 0 Å². The molecule has 0 amide bonds. The van der Waals surface area contributed by atoms with E-state index in [-0.39, 0.29) is 0 Å². The molecule has 1 aliphatic carbocycles. The summed E-state index contributed by atoms with van der Waals surface area (Å²) in [5.41, 5.74) is 7.09. The Hall–Kier alpha value is -0.770. The fourth-order valence-corrected chi connectivity index (χ4v) is 4.03. The number of nitrogens with zero attached hydrogens (tertiary/aromatic N) is 2. The van der Waals surface area contributed by atoms with E-state index in [1.54, 1.807) is 0 Å². The molecule has 3 nitrogen and oxygen atoms in total. The van der Waals surface area contributed by atoms with Gasteiger partial charge in [0, 0.05) is 32.2 Å². The van der Waals surface area contributed by atoms with E-state index in [9.17, 15) is 0 Å². The van der Waals surface area contributed by atoms with Crippen LogP contribution in [0.4, 0.5) is 5.69 Å². The van der Waals surface area contributed by atoms with E-state index in [2.05, 4.69) is 21.9 Å². The van der Waals surface area contributed by atoms with Gasteiger partial charge in [-0.15, -0.1) is 0 Å². The van der Waals surface area contributed by atoms with Crippen molar-refractivity contribution in [1.82, 2.24) is 4.90 Å². The summed E-state index contributed by atoms with van der Waals surface area (Å²) in [6, 6.07) is 8.87. The lowest BCUT2D eigenvalue weighted by Crippen LogP contribution is -2.52. The van der Waals surface area contributed by atoms with Gasteiger partial charge in [-0.1, -0.05) is 30.2 Å². The normalized spacial score (nSPS) is 28.0. The summed E-state index contributed by atoms with van der Waals surface area (Å²) in [7, 11) is 0. The number of nitrogens with two attached hydrogens (primary N) is 1. The van der Waals surface area contributed by atoms with E-state index in [0.29, 0.717) is 12.0 Å². The second kappa shape index (κ2) is 6.33. The van der Waals surface area contributed by atoms with Gasteiger partial charge in [-0.3, -0.25) is 4.90 Å². The van der Waals surface area contributed by atoms with Crippen molar-refractivity contribution in [1.29, 1.82) is 0 Å². The lowest BCUT2D eigenvalue weighted by atomic mass is 10.0. The molecule has 2 N–H and O–H groups in total. The maximum absolute atomic E-state index is 6.29. The molecule has 1 saturated carbocycles. The van der Waals surface area contributed by atoms with Crippen LogP contribution in [0.1, 0.15) is 19.3 Å². The van der Waals surface area contributed by atoms with Crippen LogP contribution < -0.4 is 10.6 Å². The number of hydrogen-bond acceptors (Lipinski definition) is 3. The second-order valence-electron chi connectivity index (χ2n) is 5.97. The topological polar surface area (TPSA) is 32.5 Å². The maximum atomic E-state index is 6.29. The van der Waals surface area contributed by atoms with Gasteiger partial charge in [0.25, 0.3) is 0 Å². The number of rotatable bonds is 3. The van der Waals surface area contributed by atoms with E-state index < -0.39 is 0 Å². The van der Waals surface area contributed by atoms with Gasteiger partial charge in [0.05, 0.1) is 10.7 Å². The Labute approximate surface area is 126 Å². The smallest absolute Gasteiger partial charge is 0.0639 e. The molecule has 1 aliphatic heterocycles. The van der Waals surface area contributed by atoms with E-state index in [1.807, 2.05) is 12.1 Å². The first-order chi connectivity index (χ1) is 9.79. The quantitative estimate of drug-likeness (QED) is 0.930. The first-order valence-electron chi connectivity index (χ1n) is 7.73. The molecule has 2 aliphatic rings. The Kier molecular flexibility index (Phi) is 4.49. The Bertz CT molecular complexity index is 443. The zero-order valence-corrected chi connectivity index (χ0v) is 12.7. The molecule has 1 aromatic carbocycles. The molecule has 1 saturated heterocycles. The van der Waals surface area contributed by atoms with Crippen LogP contribution in [-0.2, 0) is 0 Å². The van der Waals surface area contributed by atoms with E-state index in [1.165, 1.54) is 24.9 Å². The van der Waals surface area contributed by atoms with Crippen molar-refractivity contribution in [2.24, 2.45) is 11.7 Å². The highest BCUT2D eigenvalue weighted by atomic mass is 35.5. The highest BCUT2D eigenvalue weighted by Gasteiger charge is 2.32. The number of hydrogen-bond donors (Lipinski definition) is 1. The van der Waals surface area contributed by atoms with Gasteiger partial charge < -0.3 is 10.6 Å². The van der Waals surface area contributed by atoms with E-state index in [4.69, 9.17) is 17.3 Å². The first-order valence-corrected chi connectivity index (χ1v) is 8.11. The van der Waals surface area contributed by atoms with Crippen LogP contribution >= 0.6 is 11.6 Å². The SMILES string of the molecule is NCC1CCCC1N1CCN(c2ccccc2Cl)CC1. The summed E-state index contributed by atoms with van der Waals surface area (Å²) < 4.78 is 0. The summed E-state index contributed by atoms with van der Waals surface area (Å²) in [5.74, 6) is 0.710. The molecule has 2 fully saturated rings. The lowest BCUT2D eigenvalue weighted by Gasteiger charge is -2.41. The predicted molar refractivity (Wildman–Crippen MR) is 85.4 cm³/mol. The molecule has 0 bridgehead atoms. The summed E-state index contributed by atoms with van der Waals surface area (Å²) in [6.07, 6.45) is 3.98. The number of benzene rings is 1. The molecule has 2 unspecified atom stereocenters. The van der Waals surface area contributed by atoms with Crippen LogP contribution in [0.15, 0.2) is 24.3 Å². The second-order valence-corrected chi connectivity index (χ2v) is 6.38. The Morgan fingerprint density at radius 1 is 1.10 bits per heavy atom. The molecule has 2 atom stereocenters. The minimum atomic E-state index is 0.710. The molecule has 0 radical (unpaired) electrons. The van der Waals surface area contributed by atoms with Crippen molar-refractivity contribution in [2.75, 3.05) is 37.6 Å². The van der Waals surface area contributed by atoms with Gasteiger partial charge in [-0.25, -0.2) is 0 Å². The molecule has 0 spiro atoms. The fourth-order valence-electron chi connectivity index (χ4n) is 3.78. The van der Waals surface area contributed by atoms with Gasteiger partial charge in [-0.05, 0) is 37.4 Å². The van der Waals surface area contributed by atoms with Gasteiger partial charge >= 0.3 is 0 Å². The van der Waals surface area contributed by atoms with Crippen LogP contribution in [-0.4, -0.2) is 43.7 Å². The summed E-state index contributed by atoms with van der Waals surface area (Å²) in [4.78, 5) is 5.06. The number of halogens is 1. The van der Waals surface area contributed by atoms with Crippen LogP contribution in [0.2, 0.25) is 5.02 Å². The average molecular weight is 294 g/mol. The molecule has 4 heteroatoms. The van der Waals surface area contributed by atoms with Crippen molar-refractivity contribution in [3.05, 3.63) is 29.3 Å². The highest BCUT2D eigenvalue weighted by Crippen LogP contribution is 2.31. The lowest BCUT2D eigenvalue weighted by molar-refractivity contribution is 0.153. The van der Waals surface area contributed by atoms with Crippen molar-refractivity contribution in [3.8, 4) is 0 Å². The zero-order chi connectivity index (χ0) is 13.9. The van der Waals surface area contributed by atoms with Gasteiger partial charge in [0.2, 0.25) is 0 Å². The highest BCUT2D eigenvalue weighted by molar-refractivity contribution is 6.33. The van der Waals surface area contributed by atoms with Crippen LogP contribution in [0.5, 0.6) is 0 Å². The first kappa shape index (κ1) is 14.2. The third-order valence-corrected chi connectivity index (χ3v) is 5.22. The Morgan fingerprint density at radius 2 is 1.85 bits per heavy atom. The third kappa shape index (κ3) is 2.80. The Balaban J connectivity index is 1.61. The van der Waals surface area contributed by atoms with Crippen LogP contribution in [0.25, 0.3) is 0 Å². The standard InChI is InChI=1S/C16H24ClN3/c17-14-5-1-2-6-16(14)20-10-8-19(9-11-20)15-7-3-4-13(15)12-18/h1-2,5-6,13,15H,3-4,7-12,18H2. The van der Waals surface area contributed by atoms with Crippen LogP contribution in [0.3, 0.4) is 0 Å². The minimum absolute atomic E-state index is 0.710. The molecular formula is C16H24ClN3. The van der Waals surface area contributed by atoms with Crippen molar-refractivity contribution >= 4 is 17.3 Å². The summed E-state index contributed by atoms with van der Waals surface area (Å²) >= 11 is 6.29. The average Bonchev–Trinajstić information content (AvgIpc) is 2.96. The zero-order valence-electron chi connectivity index (χ0n) is 12.0. The van der Waals surface area contributed by atoms with Gasteiger partial charge in [0.1, 0.15) is 0 Å². The maximum Gasteiger partial charge on any atom is 0.0639 e. The van der Waals surface area contributed by atoms with E-state index in [0.717, 1.165) is 37.7 Å². The van der Waals surface area contributed by atoms with Crippen molar-refractivity contribution in [3.63, 3.8) is 0 Å². The van der Waals surface area contributed by atoms with E-state index >= 15 is 0 Å². The molecule has 0 aromatic heterocycles. The Morgan fingerprint density at radius 3 is 2.55 bits per heavy atom. The molecule has 20 heavy (non-hydrogen) atoms. The monoisotopic (exact) mass is 293 g/mol. The van der Waals surface area contributed by atoms with Crippen molar-refractivity contribution in [2.45, 2.75) is 25.3 Å². The summed E-state index contributed by atoms with van der Waals surface area (Å²) in [5, 5.41) is 0.863. The molecule has 1 heterocycles. The molecule has 110 valence electrons. The largest absolute Gasteiger partial charge is 0.368 e. The van der Waals surface area contributed by atoms with Gasteiger partial charge in [0.15, 0.2) is 0 Å². The minimum Gasteiger partial charge on any atom is -0.368 e. The number of para-hydroxylation sites is 1. The predicted octanol–water partition coefficient (Wildman–Crippen LogP) is 2.59. The number of piperazine rings is 1. The number of anilines is 1.